The normalized spacial score (nSPS) is 10.6. The molecule has 0 fully saturated rings. The fourth-order valence-electron chi connectivity index (χ4n) is 1.87. The number of aryl methyl sites for hydroxylation is 1. The fourth-order valence-corrected chi connectivity index (χ4v) is 1.87. The van der Waals surface area contributed by atoms with Crippen molar-refractivity contribution in [3.63, 3.8) is 0 Å². The van der Waals surface area contributed by atoms with Crippen LogP contribution in [0.4, 0.5) is 0 Å². The van der Waals surface area contributed by atoms with E-state index >= 15 is 0 Å². The molecule has 0 aliphatic heterocycles. The standard InChI is InChI=1S/C13H12N4/c1-16-8-7-15-13(16)17-10-14-9-12(17)11-5-3-2-4-6-11/h2-10H,1H3. The molecule has 0 radical (unpaired) electrons. The van der Waals surface area contributed by atoms with Crippen LogP contribution in [0.3, 0.4) is 0 Å². The third kappa shape index (κ3) is 1.63. The van der Waals surface area contributed by atoms with Crippen LogP contribution in [-0.4, -0.2) is 19.1 Å². The predicted molar refractivity (Wildman–Crippen MR) is 65.8 cm³/mol. The van der Waals surface area contributed by atoms with E-state index in [-0.39, 0.29) is 0 Å². The molecule has 0 spiro atoms. The van der Waals surface area contributed by atoms with Gasteiger partial charge in [0.1, 0.15) is 6.33 Å². The number of hydrogen-bond acceptors (Lipinski definition) is 2. The first-order valence-electron chi connectivity index (χ1n) is 5.42. The summed E-state index contributed by atoms with van der Waals surface area (Å²) in [5.74, 6) is 0.862. The molecule has 3 rings (SSSR count). The van der Waals surface area contributed by atoms with Gasteiger partial charge in [0, 0.05) is 25.0 Å². The molecule has 0 unspecified atom stereocenters. The second-order valence-electron chi connectivity index (χ2n) is 3.85. The van der Waals surface area contributed by atoms with Crippen LogP contribution < -0.4 is 0 Å². The Labute approximate surface area is 99.2 Å². The molecule has 3 aromatic rings. The van der Waals surface area contributed by atoms with Gasteiger partial charge in [-0.1, -0.05) is 30.3 Å². The maximum atomic E-state index is 4.33. The molecule has 4 nitrogen and oxygen atoms in total. The van der Waals surface area contributed by atoms with Crippen molar-refractivity contribution in [1.29, 1.82) is 0 Å². The fraction of sp³-hybridized carbons (Fsp3) is 0.0769. The number of nitrogens with zero attached hydrogens (tertiary/aromatic N) is 4. The molecular formula is C13H12N4. The SMILES string of the molecule is Cn1ccnc1-n1cncc1-c1ccccc1. The van der Waals surface area contributed by atoms with Crippen molar-refractivity contribution in [2.45, 2.75) is 0 Å². The number of benzene rings is 1. The first kappa shape index (κ1) is 9.84. The molecule has 2 heterocycles. The maximum absolute atomic E-state index is 4.33. The van der Waals surface area contributed by atoms with Crippen molar-refractivity contribution in [2.75, 3.05) is 0 Å². The van der Waals surface area contributed by atoms with Crippen LogP contribution >= 0.6 is 0 Å². The van der Waals surface area contributed by atoms with E-state index < -0.39 is 0 Å². The largest absolute Gasteiger partial charge is 0.320 e. The Kier molecular flexibility index (Phi) is 2.26. The molecule has 2 aromatic heterocycles. The first-order valence-corrected chi connectivity index (χ1v) is 5.42. The summed E-state index contributed by atoms with van der Waals surface area (Å²) in [5.41, 5.74) is 2.17. The lowest BCUT2D eigenvalue weighted by Crippen LogP contribution is -2.02. The lowest BCUT2D eigenvalue weighted by Gasteiger charge is -2.07. The summed E-state index contributed by atoms with van der Waals surface area (Å²) < 4.78 is 3.95. The molecule has 0 atom stereocenters. The molecule has 17 heavy (non-hydrogen) atoms. The summed E-state index contributed by atoms with van der Waals surface area (Å²) >= 11 is 0. The number of aromatic nitrogens is 4. The zero-order valence-electron chi connectivity index (χ0n) is 9.49. The van der Waals surface area contributed by atoms with Crippen molar-refractivity contribution >= 4 is 0 Å². The van der Waals surface area contributed by atoms with Crippen LogP contribution in [-0.2, 0) is 7.05 Å². The van der Waals surface area contributed by atoms with Gasteiger partial charge in [-0.05, 0) is 0 Å². The summed E-state index contributed by atoms with van der Waals surface area (Å²) in [6, 6.07) is 10.2. The van der Waals surface area contributed by atoms with E-state index in [9.17, 15) is 0 Å². The lowest BCUT2D eigenvalue weighted by atomic mass is 10.2. The summed E-state index contributed by atoms with van der Waals surface area (Å²) in [4.78, 5) is 8.54. The zero-order valence-corrected chi connectivity index (χ0v) is 9.49. The number of hydrogen-bond donors (Lipinski definition) is 0. The minimum absolute atomic E-state index is 0.862. The van der Waals surface area contributed by atoms with E-state index in [1.807, 2.05) is 46.8 Å². The number of imidazole rings is 2. The van der Waals surface area contributed by atoms with Gasteiger partial charge in [0.2, 0.25) is 5.95 Å². The van der Waals surface area contributed by atoms with E-state index in [4.69, 9.17) is 0 Å². The molecule has 0 aliphatic rings. The van der Waals surface area contributed by atoms with E-state index in [0.717, 1.165) is 17.2 Å². The average molecular weight is 224 g/mol. The van der Waals surface area contributed by atoms with E-state index in [1.54, 1.807) is 12.5 Å². The topological polar surface area (TPSA) is 35.6 Å². The van der Waals surface area contributed by atoms with Crippen LogP contribution in [0.25, 0.3) is 17.2 Å². The van der Waals surface area contributed by atoms with Crippen molar-refractivity contribution in [2.24, 2.45) is 7.05 Å². The van der Waals surface area contributed by atoms with Crippen LogP contribution in [0.15, 0.2) is 55.2 Å². The number of rotatable bonds is 2. The highest BCUT2D eigenvalue weighted by Crippen LogP contribution is 2.20. The van der Waals surface area contributed by atoms with Gasteiger partial charge in [-0.25, -0.2) is 9.97 Å². The van der Waals surface area contributed by atoms with Crippen molar-refractivity contribution in [1.82, 2.24) is 19.1 Å². The molecule has 0 aliphatic carbocycles. The van der Waals surface area contributed by atoms with Crippen molar-refractivity contribution < 1.29 is 0 Å². The zero-order chi connectivity index (χ0) is 11.7. The van der Waals surface area contributed by atoms with E-state index in [1.165, 1.54) is 0 Å². The van der Waals surface area contributed by atoms with Crippen LogP contribution in [0, 0.1) is 0 Å². The summed E-state index contributed by atoms with van der Waals surface area (Å²) in [6.45, 7) is 0. The average Bonchev–Trinajstić information content (AvgIpc) is 2.98. The predicted octanol–water partition coefficient (Wildman–Crippen LogP) is 2.27. The van der Waals surface area contributed by atoms with Crippen molar-refractivity contribution in [3.8, 4) is 17.2 Å². The molecular weight excluding hydrogens is 212 g/mol. The van der Waals surface area contributed by atoms with E-state index in [0.29, 0.717) is 0 Å². The highest BCUT2D eigenvalue weighted by Gasteiger charge is 2.09. The maximum Gasteiger partial charge on any atom is 0.215 e. The first-order chi connectivity index (χ1) is 8.36. The van der Waals surface area contributed by atoms with E-state index in [2.05, 4.69) is 22.1 Å². The minimum Gasteiger partial charge on any atom is -0.320 e. The van der Waals surface area contributed by atoms with Gasteiger partial charge < -0.3 is 4.57 Å². The van der Waals surface area contributed by atoms with Gasteiger partial charge in [0.15, 0.2) is 0 Å². The third-order valence-corrected chi connectivity index (χ3v) is 2.72. The van der Waals surface area contributed by atoms with Gasteiger partial charge in [-0.15, -0.1) is 0 Å². The Morgan fingerprint density at radius 2 is 1.94 bits per heavy atom. The molecule has 1 aromatic carbocycles. The monoisotopic (exact) mass is 224 g/mol. The molecule has 0 saturated carbocycles. The molecule has 0 bridgehead atoms. The van der Waals surface area contributed by atoms with Gasteiger partial charge in [0.25, 0.3) is 0 Å². The van der Waals surface area contributed by atoms with Gasteiger partial charge in [-0.3, -0.25) is 4.57 Å². The Bertz CT molecular complexity index is 622. The Balaban J connectivity index is 2.16. The molecule has 0 N–H and O–H groups in total. The molecule has 0 saturated heterocycles. The summed E-state index contributed by atoms with van der Waals surface area (Å²) in [5, 5.41) is 0. The van der Waals surface area contributed by atoms with Crippen LogP contribution in [0.1, 0.15) is 0 Å². The van der Waals surface area contributed by atoms with Gasteiger partial charge in [0.05, 0.1) is 11.9 Å². The Morgan fingerprint density at radius 1 is 1.12 bits per heavy atom. The van der Waals surface area contributed by atoms with Crippen LogP contribution in [0.5, 0.6) is 0 Å². The molecule has 4 heteroatoms. The van der Waals surface area contributed by atoms with Gasteiger partial charge in [-0.2, -0.15) is 0 Å². The van der Waals surface area contributed by atoms with Crippen molar-refractivity contribution in [3.05, 3.63) is 55.2 Å². The highest BCUT2D eigenvalue weighted by atomic mass is 15.2. The Morgan fingerprint density at radius 3 is 2.65 bits per heavy atom. The lowest BCUT2D eigenvalue weighted by molar-refractivity contribution is 0.821. The minimum atomic E-state index is 0.862. The third-order valence-electron chi connectivity index (χ3n) is 2.72. The second kappa shape index (κ2) is 3.90. The molecule has 84 valence electrons. The Hall–Kier alpha value is -2.36. The molecule has 0 amide bonds. The summed E-state index contributed by atoms with van der Waals surface area (Å²) in [6.07, 6.45) is 7.34. The smallest absolute Gasteiger partial charge is 0.215 e. The summed E-state index contributed by atoms with van der Waals surface area (Å²) in [7, 11) is 1.97. The van der Waals surface area contributed by atoms with Gasteiger partial charge >= 0.3 is 0 Å². The quantitative estimate of drug-likeness (QED) is 0.669. The second-order valence-corrected chi connectivity index (χ2v) is 3.85. The highest BCUT2D eigenvalue weighted by molar-refractivity contribution is 5.60. The van der Waals surface area contributed by atoms with Crippen LogP contribution in [0.2, 0.25) is 0 Å².